The fraction of sp³-hybridized carbons (Fsp3) is 0.400. The van der Waals surface area contributed by atoms with E-state index < -0.39 is 6.10 Å². The van der Waals surface area contributed by atoms with Crippen molar-refractivity contribution in [1.82, 2.24) is 9.78 Å². The van der Waals surface area contributed by atoms with E-state index in [0.717, 1.165) is 11.3 Å². The number of benzene rings is 1. The van der Waals surface area contributed by atoms with Gasteiger partial charge in [-0.25, -0.2) is 0 Å². The maximum absolute atomic E-state index is 10.5. The van der Waals surface area contributed by atoms with Crippen molar-refractivity contribution >= 4 is 0 Å². The van der Waals surface area contributed by atoms with Gasteiger partial charge in [0.25, 0.3) is 0 Å². The second-order valence-corrected chi connectivity index (χ2v) is 5.04. The highest BCUT2D eigenvalue weighted by atomic mass is 16.3. The van der Waals surface area contributed by atoms with E-state index in [2.05, 4.69) is 32.8 Å². The molecule has 1 aromatic heterocycles. The Balaban J connectivity index is 2.38. The van der Waals surface area contributed by atoms with Gasteiger partial charge in [-0.1, -0.05) is 18.2 Å². The van der Waals surface area contributed by atoms with Crippen LogP contribution in [0.1, 0.15) is 48.4 Å². The number of aryl methyl sites for hydroxylation is 2. The average Bonchev–Trinajstić information content (AvgIpc) is 2.81. The molecule has 96 valence electrons. The molecule has 0 amide bonds. The fourth-order valence-electron chi connectivity index (χ4n) is 2.08. The van der Waals surface area contributed by atoms with Crippen LogP contribution in [0.5, 0.6) is 0 Å². The van der Waals surface area contributed by atoms with Crippen molar-refractivity contribution in [3.05, 3.63) is 52.8 Å². The van der Waals surface area contributed by atoms with Gasteiger partial charge in [0.1, 0.15) is 6.10 Å². The van der Waals surface area contributed by atoms with Crippen molar-refractivity contribution < 1.29 is 5.11 Å². The zero-order valence-electron chi connectivity index (χ0n) is 11.4. The van der Waals surface area contributed by atoms with Crippen LogP contribution in [0.15, 0.2) is 30.5 Å². The second kappa shape index (κ2) is 4.94. The number of hydrogen-bond acceptors (Lipinski definition) is 2. The highest BCUT2D eigenvalue weighted by Gasteiger charge is 2.17. The molecule has 3 nitrogen and oxygen atoms in total. The van der Waals surface area contributed by atoms with Crippen molar-refractivity contribution in [3.8, 4) is 0 Å². The van der Waals surface area contributed by atoms with E-state index in [4.69, 9.17) is 0 Å². The minimum Gasteiger partial charge on any atom is -0.382 e. The Hall–Kier alpha value is -1.61. The Labute approximate surface area is 108 Å². The molecule has 0 radical (unpaired) electrons. The Bertz CT molecular complexity index is 543. The molecule has 1 heterocycles. The lowest BCUT2D eigenvalue weighted by Crippen LogP contribution is -2.12. The Morgan fingerprint density at radius 3 is 2.44 bits per heavy atom. The van der Waals surface area contributed by atoms with Gasteiger partial charge in [0.15, 0.2) is 0 Å². The number of rotatable bonds is 3. The van der Waals surface area contributed by atoms with Crippen LogP contribution >= 0.6 is 0 Å². The molecule has 0 aliphatic carbocycles. The summed E-state index contributed by atoms with van der Waals surface area (Å²) in [6.45, 7) is 8.25. The summed E-state index contributed by atoms with van der Waals surface area (Å²) in [5.74, 6) is 0. The smallest absolute Gasteiger partial charge is 0.121 e. The van der Waals surface area contributed by atoms with Gasteiger partial charge in [0, 0.05) is 12.2 Å². The molecule has 1 N–H and O–H groups in total. The summed E-state index contributed by atoms with van der Waals surface area (Å²) in [6.07, 6.45) is 1.12. The first-order valence-electron chi connectivity index (χ1n) is 6.29. The zero-order chi connectivity index (χ0) is 13.3. The van der Waals surface area contributed by atoms with Gasteiger partial charge in [0.05, 0.1) is 5.69 Å². The van der Waals surface area contributed by atoms with Gasteiger partial charge in [-0.3, -0.25) is 4.68 Å². The standard InChI is InChI=1S/C15H20N2O/c1-10(2)17-14(7-8-16-17)15(18)13-6-5-11(3)12(4)9-13/h5-10,15,18H,1-4H3. The first-order chi connectivity index (χ1) is 8.50. The molecular weight excluding hydrogens is 224 g/mol. The summed E-state index contributed by atoms with van der Waals surface area (Å²) < 4.78 is 1.86. The summed E-state index contributed by atoms with van der Waals surface area (Å²) >= 11 is 0. The van der Waals surface area contributed by atoms with Crippen molar-refractivity contribution in [2.24, 2.45) is 0 Å². The van der Waals surface area contributed by atoms with Crippen LogP contribution in [0.4, 0.5) is 0 Å². The number of aromatic nitrogens is 2. The number of aliphatic hydroxyl groups excluding tert-OH is 1. The first kappa shape index (κ1) is 12.8. The molecule has 2 rings (SSSR count). The lowest BCUT2D eigenvalue weighted by Gasteiger charge is -2.17. The molecule has 1 atom stereocenters. The predicted octanol–water partition coefficient (Wildman–Crippen LogP) is 3.16. The minimum atomic E-state index is -0.616. The van der Waals surface area contributed by atoms with Gasteiger partial charge < -0.3 is 5.11 Å². The third-order valence-electron chi connectivity index (χ3n) is 3.32. The molecule has 0 bridgehead atoms. The van der Waals surface area contributed by atoms with Crippen molar-refractivity contribution in [2.45, 2.75) is 39.8 Å². The van der Waals surface area contributed by atoms with Crippen LogP contribution in [0.2, 0.25) is 0 Å². The van der Waals surface area contributed by atoms with Gasteiger partial charge in [0.2, 0.25) is 0 Å². The molecule has 0 saturated heterocycles. The monoisotopic (exact) mass is 244 g/mol. The quantitative estimate of drug-likeness (QED) is 0.900. The van der Waals surface area contributed by atoms with Crippen LogP contribution < -0.4 is 0 Å². The van der Waals surface area contributed by atoms with E-state index in [0.29, 0.717) is 0 Å². The van der Waals surface area contributed by atoms with Crippen LogP contribution in [0.25, 0.3) is 0 Å². The molecule has 0 aliphatic rings. The molecule has 2 aromatic rings. The summed E-state index contributed by atoms with van der Waals surface area (Å²) in [7, 11) is 0. The molecular formula is C15H20N2O. The minimum absolute atomic E-state index is 0.246. The third kappa shape index (κ3) is 2.31. The van der Waals surface area contributed by atoms with E-state index >= 15 is 0 Å². The molecule has 0 fully saturated rings. The van der Waals surface area contributed by atoms with Crippen molar-refractivity contribution in [1.29, 1.82) is 0 Å². The molecule has 1 unspecified atom stereocenters. The maximum Gasteiger partial charge on any atom is 0.121 e. The lowest BCUT2D eigenvalue weighted by atomic mass is 10.0. The number of nitrogens with zero attached hydrogens (tertiary/aromatic N) is 2. The normalized spacial score (nSPS) is 13.0. The topological polar surface area (TPSA) is 38.1 Å². The van der Waals surface area contributed by atoms with E-state index in [1.54, 1.807) is 6.20 Å². The summed E-state index contributed by atoms with van der Waals surface area (Å²) in [4.78, 5) is 0. The maximum atomic E-state index is 10.5. The fourth-order valence-corrected chi connectivity index (χ4v) is 2.08. The highest BCUT2D eigenvalue weighted by Crippen LogP contribution is 2.25. The van der Waals surface area contributed by atoms with Gasteiger partial charge in [-0.2, -0.15) is 5.10 Å². The number of aliphatic hydroxyl groups is 1. The average molecular weight is 244 g/mol. The molecule has 1 aromatic carbocycles. The zero-order valence-corrected chi connectivity index (χ0v) is 11.4. The van der Waals surface area contributed by atoms with E-state index in [9.17, 15) is 5.11 Å². The van der Waals surface area contributed by atoms with Crippen LogP contribution in [0, 0.1) is 13.8 Å². The number of hydrogen-bond donors (Lipinski definition) is 1. The second-order valence-electron chi connectivity index (χ2n) is 5.04. The SMILES string of the molecule is Cc1ccc(C(O)c2ccnn2C(C)C)cc1C. The van der Waals surface area contributed by atoms with Crippen LogP contribution in [0.3, 0.4) is 0 Å². The Kier molecular flexibility index (Phi) is 3.53. The van der Waals surface area contributed by atoms with Gasteiger partial charge in [-0.05, 0) is 50.5 Å². The van der Waals surface area contributed by atoms with Crippen LogP contribution in [-0.4, -0.2) is 14.9 Å². The van der Waals surface area contributed by atoms with Gasteiger partial charge >= 0.3 is 0 Å². The summed E-state index contributed by atoms with van der Waals surface area (Å²) in [5, 5.41) is 14.7. The molecule has 18 heavy (non-hydrogen) atoms. The first-order valence-corrected chi connectivity index (χ1v) is 6.29. The highest BCUT2D eigenvalue weighted by molar-refractivity contribution is 5.34. The van der Waals surface area contributed by atoms with E-state index in [1.807, 2.05) is 28.9 Å². The van der Waals surface area contributed by atoms with E-state index in [-0.39, 0.29) is 6.04 Å². The summed E-state index contributed by atoms with van der Waals surface area (Å²) in [5.41, 5.74) is 4.19. The Morgan fingerprint density at radius 2 is 1.83 bits per heavy atom. The van der Waals surface area contributed by atoms with E-state index in [1.165, 1.54) is 11.1 Å². The van der Waals surface area contributed by atoms with Gasteiger partial charge in [-0.15, -0.1) is 0 Å². The third-order valence-corrected chi connectivity index (χ3v) is 3.32. The predicted molar refractivity (Wildman–Crippen MR) is 72.6 cm³/mol. The van der Waals surface area contributed by atoms with Crippen LogP contribution in [-0.2, 0) is 0 Å². The largest absolute Gasteiger partial charge is 0.382 e. The Morgan fingerprint density at radius 1 is 1.11 bits per heavy atom. The molecule has 0 spiro atoms. The molecule has 3 heteroatoms. The summed E-state index contributed by atoms with van der Waals surface area (Å²) in [6, 6.07) is 8.18. The lowest BCUT2D eigenvalue weighted by molar-refractivity contribution is 0.205. The molecule has 0 saturated carbocycles. The van der Waals surface area contributed by atoms with Crippen molar-refractivity contribution in [2.75, 3.05) is 0 Å². The molecule has 0 aliphatic heterocycles. The van der Waals surface area contributed by atoms with Crippen molar-refractivity contribution in [3.63, 3.8) is 0 Å².